The highest BCUT2D eigenvalue weighted by Crippen LogP contribution is 2.39. The van der Waals surface area contributed by atoms with Gasteiger partial charge in [0, 0.05) is 13.1 Å². The molecule has 0 bridgehead atoms. The number of carbonyl (C=O) groups is 3. The van der Waals surface area contributed by atoms with Gasteiger partial charge in [0.15, 0.2) is 6.10 Å². The molecular formula is C8H9NO6. The third kappa shape index (κ3) is 1.49. The van der Waals surface area contributed by atoms with Crippen LogP contribution in [-0.4, -0.2) is 48.8 Å². The second-order valence-corrected chi connectivity index (χ2v) is 3.67. The van der Waals surface area contributed by atoms with Crippen molar-refractivity contribution >= 4 is 17.9 Å². The Morgan fingerprint density at radius 2 is 2.07 bits per heavy atom. The monoisotopic (exact) mass is 215 g/mol. The largest absolute Gasteiger partial charge is 0.473 e. The molecule has 82 valence electrons. The first-order valence-corrected chi connectivity index (χ1v) is 4.36. The topological polar surface area (TPSA) is 102 Å². The molecule has 0 amide bonds. The molecule has 0 aliphatic carbocycles. The average molecular weight is 215 g/mol. The lowest BCUT2D eigenvalue weighted by atomic mass is 9.73. The first-order valence-electron chi connectivity index (χ1n) is 4.36. The number of carboxylic acids is 1. The number of carbonyl (C=O) groups excluding carboxylic acids is 2. The molecule has 0 radical (unpaired) electrons. The summed E-state index contributed by atoms with van der Waals surface area (Å²) in [5.74, 6) is -4.28. The van der Waals surface area contributed by atoms with E-state index in [4.69, 9.17) is 9.84 Å². The number of esters is 2. The molecule has 2 N–H and O–H groups in total. The summed E-state index contributed by atoms with van der Waals surface area (Å²) in [7, 11) is 0. The maximum Gasteiger partial charge on any atom is 0.424 e. The van der Waals surface area contributed by atoms with Crippen LogP contribution in [0.4, 0.5) is 0 Å². The van der Waals surface area contributed by atoms with Crippen LogP contribution in [0.25, 0.3) is 0 Å². The van der Waals surface area contributed by atoms with Gasteiger partial charge in [-0.15, -0.1) is 0 Å². The number of hydrogen-bond acceptors (Lipinski definition) is 6. The van der Waals surface area contributed by atoms with E-state index in [2.05, 4.69) is 10.1 Å². The molecule has 1 atom stereocenters. The van der Waals surface area contributed by atoms with E-state index >= 15 is 0 Å². The number of ether oxygens (including phenoxy) is 2. The highest BCUT2D eigenvalue weighted by atomic mass is 16.6. The quantitative estimate of drug-likeness (QED) is 0.300. The van der Waals surface area contributed by atoms with Gasteiger partial charge in [-0.05, 0) is 0 Å². The van der Waals surface area contributed by atoms with Gasteiger partial charge in [0.05, 0.1) is 12.0 Å². The van der Waals surface area contributed by atoms with Gasteiger partial charge in [0.2, 0.25) is 0 Å². The molecule has 0 saturated carbocycles. The molecule has 1 unspecified atom stereocenters. The highest BCUT2D eigenvalue weighted by molar-refractivity contribution is 6.30. The fraction of sp³-hybridized carbons (Fsp3) is 0.625. The summed E-state index contributed by atoms with van der Waals surface area (Å²) in [6.07, 6.45) is -0.818. The molecule has 0 aromatic heterocycles. The summed E-state index contributed by atoms with van der Waals surface area (Å²) < 4.78 is 9.09. The van der Waals surface area contributed by atoms with E-state index < -0.39 is 24.0 Å². The SMILES string of the molecule is O=C(O)C(=O)OC(=O)C1OCC12CNC2. The molecule has 7 heteroatoms. The van der Waals surface area contributed by atoms with E-state index in [0.29, 0.717) is 19.7 Å². The third-order valence-electron chi connectivity index (χ3n) is 2.63. The number of hydrogen-bond donors (Lipinski definition) is 2. The van der Waals surface area contributed by atoms with Crippen LogP contribution in [-0.2, 0) is 23.9 Å². The molecule has 2 rings (SSSR count). The van der Waals surface area contributed by atoms with Gasteiger partial charge < -0.3 is 19.9 Å². The lowest BCUT2D eigenvalue weighted by Crippen LogP contribution is -2.71. The second kappa shape index (κ2) is 3.28. The number of aliphatic carboxylic acids is 1. The summed E-state index contributed by atoms with van der Waals surface area (Å²) in [5.41, 5.74) is -0.296. The molecule has 0 aromatic rings. The molecule has 0 aromatic carbocycles. The predicted octanol–water partition coefficient (Wildman–Crippen LogP) is -1.87. The maximum absolute atomic E-state index is 11.3. The van der Waals surface area contributed by atoms with Gasteiger partial charge in [-0.25, -0.2) is 14.4 Å². The minimum absolute atomic E-state index is 0.296. The van der Waals surface area contributed by atoms with Crippen molar-refractivity contribution in [3.05, 3.63) is 0 Å². The molecule has 7 nitrogen and oxygen atoms in total. The Morgan fingerprint density at radius 3 is 2.40 bits per heavy atom. The Bertz CT molecular complexity index is 329. The van der Waals surface area contributed by atoms with Crippen LogP contribution in [0.1, 0.15) is 0 Å². The zero-order valence-corrected chi connectivity index (χ0v) is 7.69. The van der Waals surface area contributed by atoms with Crippen molar-refractivity contribution in [2.45, 2.75) is 6.10 Å². The van der Waals surface area contributed by atoms with Crippen LogP contribution in [0.3, 0.4) is 0 Å². The zero-order chi connectivity index (χ0) is 11.1. The molecular weight excluding hydrogens is 206 g/mol. The van der Waals surface area contributed by atoms with Crippen LogP contribution in [0.15, 0.2) is 0 Å². The van der Waals surface area contributed by atoms with Crippen molar-refractivity contribution in [2.24, 2.45) is 5.41 Å². The summed E-state index contributed by atoms with van der Waals surface area (Å²) in [6.45, 7) is 1.67. The highest BCUT2D eigenvalue weighted by Gasteiger charge is 2.57. The van der Waals surface area contributed by atoms with Gasteiger partial charge in [0.1, 0.15) is 0 Å². The minimum Gasteiger partial charge on any atom is -0.473 e. The predicted molar refractivity (Wildman–Crippen MR) is 43.8 cm³/mol. The van der Waals surface area contributed by atoms with Gasteiger partial charge in [0.25, 0.3) is 0 Å². The van der Waals surface area contributed by atoms with Crippen LogP contribution < -0.4 is 5.32 Å². The second-order valence-electron chi connectivity index (χ2n) is 3.67. The van der Waals surface area contributed by atoms with Crippen LogP contribution in [0.2, 0.25) is 0 Å². The Labute approximate surface area is 84.3 Å². The number of nitrogens with one attached hydrogen (secondary N) is 1. The Morgan fingerprint density at radius 1 is 1.40 bits per heavy atom. The van der Waals surface area contributed by atoms with Crippen LogP contribution in [0.5, 0.6) is 0 Å². The summed E-state index contributed by atoms with van der Waals surface area (Å²) >= 11 is 0. The summed E-state index contributed by atoms with van der Waals surface area (Å²) in [4.78, 5) is 32.0. The Hall–Kier alpha value is -1.47. The van der Waals surface area contributed by atoms with Crippen LogP contribution in [0, 0.1) is 5.41 Å². The van der Waals surface area contributed by atoms with E-state index in [9.17, 15) is 14.4 Å². The first kappa shape index (κ1) is 10.1. The van der Waals surface area contributed by atoms with Crippen molar-refractivity contribution in [3.63, 3.8) is 0 Å². The van der Waals surface area contributed by atoms with Crippen molar-refractivity contribution in [3.8, 4) is 0 Å². The molecule has 1 spiro atoms. The van der Waals surface area contributed by atoms with Crippen molar-refractivity contribution in [1.29, 1.82) is 0 Å². The maximum atomic E-state index is 11.3. The lowest BCUT2D eigenvalue weighted by Gasteiger charge is -2.53. The standard InChI is InChI=1S/C8H9NO6/c10-5(11)7(13)15-6(12)4-8(3-14-4)1-9-2-8/h4,9H,1-3H2,(H,10,11). The van der Waals surface area contributed by atoms with Gasteiger partial charge >= 0.3 is 17.9 Å². The number of rotatable bonds is 1. The molecule has 2 heterocycles. The van der Waals surface area contributed by atoms with E-state index in [1.54, 1.807) is 0 Å². The van der Waals surface area contributed by atoms with Crippen molar-refractivity contribution < 1.29 is 29.0 Å². The third-order valence-corrected chi connectivity index (χ3v) is 2.63. The van der Waals surface area contributed by atoms with Crippen molar-refractivity contribution in [2.75, 3.05) is 19.7 Å². The Balaban J connectivity index is 1.92. The fourth-order valence-corrected chi connectivity index (χ4v) is 1.64. The molecule has 2 aliphatic rings. The van der Waals surface area contributed by atoms with Gasteiger partial charge in [-0.1, -0.05) is 0 Å². The molecule has 2 saturated heterocycles. The molecule has 2 fully saturated rings. The zero-order valence-electron chi connectivity index (χ0n) is 7.69. The normalized spacial score (nSPS) is 26.3. The van der Waals surface area contributed by atoms with E-state index in [1.807, 2.05) is 0 Å². The van der Waals surface area contributed by atoms with Crippen LogP contribution >= 0.6 is 0 Å². The summed E-state index contributed by atoms with van der Waals surface area (Å²) in [6, 6.07) is 0. The first-order chi connectivity index (χ1) is 7.05. The van der Waals surface area contributed by atoms with Crippen molar-refractivity contribution in [1.82, 2.24) is 5.32 Å². The van der Waals surface area contributed by atoms with Gasteiger partial charge in [-0.3, -0.25) is 0 Å². The minimum atomic E-state index is -1.79. The molecule has 15 heavy (non-hydrogen) atoms. The average Bonchev–Trinajstić information content (AvgIpc) is 1.98. The lowest BCUT2D eigenvalue weighted by molar-refractivity contribution is -0.225. The van der Waals surface area contributed by atoms with E-state index in [0.717, 1.165) is 0 Å². The van der Waals surface area contributed by atoms with E-state index in [1.165, 1.54) is 0 Å². The Kier molecular flexibility index (Phi) is 2.20. The summed E-state index contributed by atoms with van der Waals surface area (Å²) in [5, 5.41) is 11.2. The van der Waals surface area contributed by atoms with Gasteiger partial charge in [-0.2, -0.15) is 0 Å². The smallest absolute Gasteiger partial charge is 0.424 e. The van der Waals surface area contributed by atoms with E-state index in [-0.39, 0.29) is 5.41 Å². The fourth-order valence-electron chi connectivity index (χ4n) is 1.64. The molecule has 2 aliphatic heterocycles. The number of carboxylic acid groups (broad SMARTS) is 1.